The average molecular weight is 307 g/mol. The van der Waals surface area contributed by atoms with Crippen molar-refractivity contribution < 1.29 is 17.9 Å². The summed E-state index contributed by atoms with van der Waals surface area (Å²) in [7, 11) is -2.15. The largest absolute Gasteiger partial charge is 0.469 e. The number of esters is 1. The van der Waals surface area contributed by atoms with E-state index in [1.54, 1.807) is 18.2 Å². The van der Waals surface area contributed by atoms with E-state index in [9.17, 15) is 13.2 Å². The third-order valence-corrected chi connectivity index (χ3v) is 4.60. The van der Waals surface area contributed by atoms with Gasteiger partial charge in [-0.15, -0.1) is 0 Å². The molecule has 21 heavy (non-hydrogen) atoms. The zero-order valence-electron chi connectivity index (χ0n) is 12.1. The highest BCUT2D eigenvalue weighted by Gasteiger charge is 2.28. The number of ether oxygens (including phenoxy) is 1. The van der Waals surface area contributed by atoms with Crippen LogP contribution in [-0.2, 0) is 26.0 Å². The smallest absolute Gasteiger partial charge is 0.309 e. The molecule has 6 heteroatoms. The first-order valence-electron chi connectivity index (χ1n) is 6.67. The number of hydrogen-bond donors (Lipinski definition) is 1. The molecule has 2 aromatic carbocycles. The van der Waals surface area contributed by atoms with Crippen molar-refractivity contribution in [3.63, 3.8) is 0 Å². The summed E-state index contributed by atoms with van der Waals surface area (Å²) in [6, 6.07) is 8.46. The van der Waals surface area contributed by atoms with Gasteiger partial charge in [0.05, 0.1) is 24.1 Å². The standard InChI is InChI=1S/C13H11NO4S.C2H6/c1-18-12(15)7-8-5-6-11-13-9(8)3-2-4-10(13)14-19(11,16)17;1-2/h2-6,14H,7H2,1H3;1-2H3. The molecule has 2 aromatic rings. The van der Waals surface area contributed by atoms with E-state index in [0.717, 1.165) is 10.9 Å². The normalized spacial score (nSPS) is 14.0. The summed E-state index contributed by atoms with van der Waals surface area (Å²) in [6.07, 6.45) is 0.122. The molecule has 0 bridgehead atoms. The maximum atomic E-state index is 11.9. The lowest BCUT2D eigenvalue weighted by atomic mass is 10.0. The van der Waals surface area contributed by atoms with Gasteiger partial charge >= 0.3 is 5.97 Å². The molecule has 1 aliphatic heterocycles. The van der Waals surface area contributed by atoms with Crippen LogP contribution >= 0.6 is 0 Å². The van der Waals surface area contributed by atoms with E-state index >= 15 is 0 Å². The van der Waals surface area contributed by atoms with Gasteiger partial charge in [-0.2, -0.15) is 0 Å². The lowest BCUT2D eigenvalue weighted by Gasteiger charge is -2.06. The fourth-order valence-electron chi connectivity index (χ4n) is 2.33. The Morgan fingerprint density at radius 1 is 1.19 bits per heavy atom. The molecule has 1 N–H and O–H groups in total. The van der Waals surface area contributed by atoms with Crippen molar-refractivity contribution >= 4 is 32.5 Å². The van der Waals surface area contributed by atoms with E-state index in [-0.39, 0.29) is 17.3 Å². The van der Waals surface area contributed by atoms with Gasteiger partial charge in [0.15, 0.2) is 0 Å². The molecule has 0 saturated carbocycles. The van der Waals surface area contributed by atoms with Crippen LogP contribution in [0.3, 0.4) is 0 Å². The molecule has 0 atom stereocenters. The molecule has 0 spiro atoms. The Morgan fingerprint density at radius 3 is 2.57 bits per heavy atom. The van der Waals surface area contributed by atoms with Crippen LogP contribution in [0.25, 0.3) is 10.8 Å². The second-order valence-corrected chi connectivity index (χ2v) is 5.96. The molecular weight excluding hydrogens is 290 g/mol. The minimum absolute atomic E-state index is 0.122. The predicted molar refractivity (Wildman–Crippen MR) is 81.8 cm³/mol. The molecule has 1 aliphatic rings. The van der Waals surface area contributed by atoms with Crippen molar-refractivity contribution in [2.75, 3.05) is 11.8 Å². The number of benzene rings is 2. The number of rotatable bonds is 2. The zero-order valence-corrected chi connectivity index (χ0v) is 13.0. The average Bonchev–Trinajstić information content (AvgIpc) is 2.75. The van der Waals surface area contributed by atoms with Gasteiger partial charge in [-0.25, -0.2) is 8.42 Å². The molecule has 0 unspecified atom stereocenters. The highest BCUT2D eigenvalue weighted by Crippen LogP contribution is 2.38. The summed E-state index contributed by atoms with van der Waals surface area (Å²) in [5.74, 6) is -0.352. The fraction of sp³-hybridized carbons (Fsp3) is 0.267. The highest BCUT2D eigenvalue weighted by molar-refractivity contribution is 7.93. The third-order valence-electron chi connectivity index (χ3n) is 3.19. The van der Waals surface area contributed by atoms with Crippen LogP contribution in [0, 0.1) is 0 Å². The Balaban J connectivity index is 0.000000774. The van der Waals surface area contributed by atoms with Gasteiger partial charge in [-0.1, -0.05) is 32.0 Å². The van der Waals surface area contributed by atoms with Crippen LogP contribution in [0.15, 0.2) is 35.2 Å². The molecule has 0 aromatic heterocycles. The maximum absolute atomic E-state index is 11.9. The molecule has 0 saturated heterocycles. The first kappa shape index (κ1) is 15.3. The van der Waals surface area contributed by atoms with E-state index < -0.39 is 10.0 Å². The summed E-state index contributed by atoms with van der Waals surface area (Å²) in [5, 5.41) is 1.40. The van der Waals surface area contributed by atoms with Crippen LogP contribution in [0.1, 0.15) is 19.4 Å². The SMILES string of the molecule is CC.COC(=O)Cc1ccc2c3c(cccc13)NS2(=O)=O. The summed E-state index contributed by atoms with van der Waals surface area (Å²) >= 11 is 0. The minimum Gasteiger partial charge on any atom is -0.469 e. The fourth-order valence-corrected chi connectivity index (χ4v) is 3.63. The molecule has 0 radical (unpaired) electrons. The minimum atomic E-state index is -3.47. The first-order valence-corrected chi connectivity index (χ1v) is 8.15. The topological polar surface area (TPSA) is 72.5 Å². The Hall–Kier alpha value is -2.08. The lowest BCUT2D eigenvalue weighted by Crippen LogP contribution is -2.06. The molecule has 112 valence electrons. The van der Waals surface area contributed by atoms with Gasteiger partial charge in [0.25, 0.3) is 10.0 Å². The van der Waals surface area contributed by atoms with E-state index in [4.69, 9.17) is 0 Å². The summed E-state index contributed by atoms with van der Waals surface area (Å²) in [6.45, 7) is 4.00. The quantitative estimate of drug-likeness (QED) is 0.866. The number of anilines is 1. The van der Waals surface area contributed by atoms with Crippen molar-refractivity contribution in [3.05, 3.63) is 35.9 Å². The molecular formula is C15H17NO4S. The molecule has 5 nitrogen and oxygen atoms in total. The van der Waals surface area contributed by atoms with Crippen molar-refractivity contribution in [2.24, 2.45) is 0 Å². The molecule has 3 rings (SSSR count). The van der Waals surface area contributed by atoms with Crippen molar-refractivity contribution in [1.29, 1.82) is 0 Å². The van der Waals surface area contributed by atoms with Crippen LogP contribution in [0.2, 0.25) is 0 Å². The van der Waals surface area contributed by atoms with E-state index in [1.165, 1.54) is 13.2 Å². The van der Waals surface area contributed by atoms with Gasteiger partial charge < -0.3 is 4.74 Å². The number of methoxy groups -OCH3 is 1. The summed E-state index contributed by atoms with van der Waals surface area (Å²) < 4.78 is 31.0. The predicted octanol–water partition coefficient (Wildman–Crippen LogP) is 2.70. The first-order chi connectivity index (χ1) is 10.0. The van der Waals surface area contributed by atoms with Crippen molar-refractivity contribution in [1.82, 2.24) is 0 Å². The van der Waals surface area contributed by atoms with E-state index in [0.29, 0.717) is 11.1 Å². The number of carbonyl (C=O) groups excluding carboxylic acids is 1. The van der Waals surface area contributed by atoms with Gasteiger partial charge in [0.1, 0.15) is 0 Å². The van der Waals surface area contributed by atoms with Crippen LogP contribution in [-0.4, -0.2) is 21.5 Å². The molecule has 0 fully saturated rings. The highest BCUT2D eigenvalue weighted by atomic mass is 32.2. The van der Waals surface area contributed by atoms with Gasteiger partial charge in [-0.05, 0) is 23.1 Å². The van der Waals surface area contributed by atoms with E-state index in [1.807, 2.05) is 19.9 Å². The number of sulfonamides is 1. The summed E-state index contributed by atoms with van der Waals surface area (Å²) in [4.78, 5) is 11.6. The third kappa shape index (κ3) is 2.58. The van der Waals surface area contributed by atoms with E-state index in [2.05, 4.69) is 9.46 Å². The van der Waals surface area contributed by atoms with Crippen LogP contribution < -0.4 is 4.72 Å². The van der Waals surface area contributed by atoms with Gasteiger partial charge in [0.2, 0.25) is 0 Å². The lowest BCUT2D eigenvalue weighted by molar-refractivity contribution is -0.139. The molecule has 0 aliphatic carbocycles. The Labute approximate surface area is 124 Å². The maximum Gasteiger partial charge on any atom is 0.309 e. The summed E-state index contributed by atoms with van der Waals surface area (Å²) in [5.41, 5.74) is 1.31. The number of hydrogen-bond acceptors (Lipinski definition) is 4. The zero-order chi connectivity index (χ0) is 15.6. The monoisotopic (exact) mass is 307 g/mol. The van der Waals surface area contributed by atoms with Gasteiger partial charge in [-0.3, -0.25) is 9.52 Å². The van der Waals surface area contributed by atoms with Gasteiger partial charge in [0, 0.05) is 5.39 Å². The van der Waals surface area contributed by atoms with Crippen LogP contribution in [0.4, 0.5) is 5.69 Å². The number of nitrogens with one attached hydrogen (secondary N) is 1. The number of carbonyl (C=O) groups is 1. The Kier molecular flexibility index (Phi) is 4.18. The second-order valence-electron chi connectivity index (χ2n) is 4.31. The molecule has 0 amide bonds. The Bertz CT molecular complexity index is 797. The van der Waals surface area contributed by atoms with Crippen molar-refractivity contribution in [2.45, 2.75) is 25.2 Å². The molecule has 1 heterocycles. The second kappa shape index (κ2) is 5.73. The van der Waals surface area contributed by atoms with Crippen molar-refractivity contribution in [3.8, 4) is 0 Å². The van der Waals surface area contributed by atoms with Crippen LogP contribution in [0.5, 0.6) is 0 Å². The Morgan fingerprint density at radius 2 is 1.90 bits per heavy atom.